The molecule has 0 bridgehead atoms. The van der Waals surface area contributed by atoms with Crippen molar-refractivity contribution in [1.82, 2.24) is 0 Å². The maximum atomic E-state index is 12.4. The van der Waals surface area contributed by atoms with Gasteiger partial charge in [-0.3, -0.25) is 5.32 Å². The number of rotatable bonds is 4. The van der Waals surface area contributed by atoms with Gasteiger partial charge in [-0.15, -0.1) is 11.3 Å². The third-order valence-electron chi connectivity index (χ3n) is 4.64. The topological polar surface area (TPSA) is 67.4 Å². The van der Waals surface area contributed by atoms with E-state index in [1.807, 2.05) is 0 Å². The highest BCUT2D eigenvalue weighted by Crippen LogP contribution is 2.40. The van der Waals surface area contributed by atoms with Gasteiger partial charge in [0.25, 0.3) is 0 Å². The maximum absolute atomic E-state index is 12.4. The van der Waals surface area contributed by atoms with Gasteiger partial charge in [-0.2, -0.15) is 0 Å². The van der Waals surface area contributed by atoms with E-state index in [1.165, 1.54) is 23.3 Å². The lowest BCUT2D eigenvalue weighted by atomic mass is 9.86. The summed E-state index contributed by atoms with van der Waals surface area (Å²) < 4.78 is 4.95. The second-order valence-corrected chi connectivity index (χ2v) is 7.85. The number of carbonyl (C=O) groups excluding carboxylic acids is 2. The second-order valence-electron chi connectivity index (χ2n) is 6.31. The fraction of sp³-hybridized carbons (Fsp3) is 0.368. The van der Waals surface area contributed by atoms with Crippen molar-refractivity contribution >= 4 is 45.6 Å². The molecule has 0 saturated heterocycles. The molecule has 1 aromatic carbocycles. The number of ether oxygens (including phenoxy) is 1. The molecule has 2 amide bonds. The summed E-state index contributed by atoms with van der Waals surface area (Å²) in [4.78, 5) is 25.8. The number of urea groups is 1. The zero-order valence-corrected chi connectivity index (χ0v) is 16.3. The van der Waals surface area contributed by atoms with Crippen LogP contribution in [-0.4, -0.2) is 19.1 Å². The van der Waals surface area contributed by atoms with Gasteiger partial charge in [-0.05, 0) is 48.9 Å². The van der Waals surface area contributed by atoms with Crippen molar-refractivity contribution in [3.8, 4) is 0 Å². The van der Waals surface area contributed by atoms with Gasteiger partial charge in [-0.1, -0.05) is 31.0 Å². The number of carbonyl (C=O) groups is 2. The number of nitrogens with one attached hydrogen (secondary N) is 2. The smallest absolute Gasteiger partial charge is 0.341 e. The molecule has 2 aromatic rings. The average Bonchev–Trinajstić information content (AvgIpc) is 2.97. The van der Waals surface area contributed by atoms with E-state index in [9.17, 15) is 9.59 Å². The van der Waals surface area contributed by atoms with E-state index < -0.39 is 12.0 Å². The van der Waals surface area contributed by atoms with Crippen molar-refractivity contribution in [2.45, 2.75) is 32.6 Å². The van der Waals surface area contributed by atoms with E-state index in [4.69, 9.17) is 16.3 Å². The summed E-state index contributed by atoms with van der Waals surface area (Å²) in [5.74, 6) is 0.218. The molecule has 3 rings (SSSR count). The van der Waals surface area contributed by atoms with E-state index in [0.29, 0.717) is 27.2 Å². The van der Waals surface area contributed by atoms with E-state index in [0.717, 1.165) is 31.2 Å². The van der Waals surface area contributed by atoms with Crippen molar-refractivity contribution in [2.75, 3.05) is 17.7 Å². The molecule has 5 nitrogen and oxygen atoms in total. The number of halogens is 1. The Hall–Kier alpha value is -2.05. The monoisotopic (exact) mass is 392 g/mol. The number of thiophene rings is 1. The summed E-state index contributed by atoms with van der Waals surface area (Å²) in [6.07, 6.45) is 3.95. The van der Waals surface area contributed by atoms with E-state index in [2.05, 4.69) is 17.6 Å². The number of esters is 1. The highest BCUT2D eigenvalue weighted by Gasteiger charge is 2.29. The Morgan fingerprint density at radius 3 is 2.85 bits per heavy atom. The van der Waals surface area contributed by atoms with Crippen molar-refractivity contribution in [3.05, 3.63) is 45.3 Å². The van der Waals surface area contributed by atoms with Crippen molar-refractivity contribution < 1.29 is 14.3 Å². The van der Waals surface area contributed by atoms with E-state index >= 15 is 0 Å². The first-order valence-corrected chi connectivity index (χ1v) is 9.77. The van der Waals surface area contributed by atoms with Crippen LogP contribution in [0.3, 0.4) is 0 Å². The van der Waals surface area contributed by atoms with Crippen molar-refractivity contribution in [3.63, 3.8) is 0 Å². The van der Waals surface area contributed by atoms with Gasteiger partial charge in [0.15, 0.2) is 0 Å². The molecule has 0 radical (unpaired) electrons. The third kappa shape index (κ3) is 4.02. The van der Waals surface area contributed by atoms with Crippen LogP contribution in [0.4, 0.5) is 15.5 Å². The molecule has 1 heterocycles. The van der Waals surface area contributed by atoms with Gasteiger partial charge >= 0.3 is 12.0 Å². The quantitative estimate of drug-likeness (QED) is 0.689. The minimum Gasteiger partial charge on any atom is -0.465 e. The first-order valence-electron chi connectivity index (χ1n) is 8.58. The first kappa shape index (κ1) is 18.7. The Morgan fingerprint density at radius 1 is 1.35 bits per heavy atom. The summed E-state index contributed by atoms with van der Waals surface area (Å²) >= 11 is 7.41. The number of benzene rings is 1. The van der Waals surface area contributed by atoms with Crippen LogP contribution in [0.25, 0.3) is 0 Å². The van der Waals surface area contributed by atoms with Crippen LogP contribution in [0.5, 0.6) is 0 Å². The molecular weight excluding hydrogens is 372 g/mol. The molecule has 0 saturated carbocycles. The summed E-state index contributed by atoms with van der Waals surface area (Å²) in [6, 6.07) is 6.48. The van der Waals surface area contributed by atoms with Gasteiger partial charge in [0.2, 0.25) is 0 Å². The molecule has 7 heteroatoms. The molecule has 2 N–H and O–H groups in total. The number of hydrogen-bond donors (Lipinski definition) is 2. The van der Waals surface area contributed by atoms with Crippen LogP contribution in [0.15, 0.2) is 24.3 Å². The lowest BCUT2D eigenvalue weighted by molar-refractivity contribution is 0.0601. The Balaban J connectivity index is 1.83. The SMILES string of the molecule is CCC1CCc2c(sc(NC(=O)Nc3cccc(Cl)c3)c2C(=O)OC)C1. The zero-order chi connectivity index (χ0) is 18.7. The normalized spacial score (nSPS) is 15.9. The molecule has 1 atom stereocenters. The van der Waals surface area contributed by atoms with Crippen molar-refractivity contribution in [2.24, 2.45) is 5.92 Å². The molecule has 0 aliphatic heterocycles. The fourth-order valence-electron chi connectivity index (χ4n) is 3.24. The summed E-state index contributed by atoms with van der Waals surface area (Å²) in [5, 5.41) is 6.62. The van der Waals surface area contributed by atoms with Crippen LogP contribution in [0, 0.1) is 5.92 Å². The number of amides is 2. The molecule has 0 spiro atoms. The van der Waals surface area contributed by atoms with Gasteiger partial charge in [-0.25, -0.2) is 9.59 Å². The standard InChI is InChI=1S/C19H21ClN2O3S/c1-3-11-7-8-14-15(9-11)26-17(16(14)18(23)25-2)22-19(24)21-13-6-4-5-12(20)10-13/h4-6,10-11H,3,7-9H2,1-2H3,(H2,21,22,24). The molecule has 1 aliphatic rings. The molecule has 1 aromatic heterocycles. The van der Waals surface area contributed by atoms with E-state index in [1.54, 1.807) is 24.3 Å². The van der Waals surface area contributed by atoms with Crippen LogP contribution in [0.2, 0.25) is 5.02 Å². The highest BCUT2D eigenvalue weighted by molar-refractivity contribution is 7.17. The fourth-order valence-corrected chi connectivity index (χ4v) is 4.78. The van der Waals surface area contributed by atoms with Gasteiger partial charge in [0.1, 0.15) is 5.00 Å². The maximum Gasteiger partial charge on any atom is 0.341 e. The first-order chi connectivity index (χ1) is 12.5. The van der Waals surface area contributed by atoms with Crippen LogP contribution in [-0.2, 0) is 17.6 Å². The lowest BCUT2D eigenvalue weighted by Gasteiger charge is -2.20. The number of methoxy groups -OCH3 is 1. The average molecular weight is 393 g/mol. The highest BCUT2D eigenvalue weighted by atomic mass is 35.5. The Bertz CT molecular complexity index is 834. The molecule has 1 unspecified atom stereocenters. The molecule has 1 aliphatic carbocycles. The Morgan fingerprint density at radius 2 is 2.15 bits per heavy atom. The van der Waals surface area contributed by atoms with Crippen molar-refractivity contribution in [1.29, 1.82) is 0 Å². The largest absolute Gasteiger partial charge is 0.465 e. The molecule has 0 fully saturated rings. The minimum absolute atomic E-state index is 0.407. The van der Waals surface area contributed by atoms with Crippen LogP contribution < -0.4 is 10.6 Å². The minimum atomic E-state index is -0.414. The Labute approximate surface area is 161 Å². The number of anilines is 2. The van der Waals surface area contributed by atoms with Crippen LogP contribution >= 0.6 is 22.9 Å². The summed E-state index contributed by atoms with van der Waals surface area (Å²) in [6.45, 7) is 2.18. The zero-order valence-electron chi connectivity index (χ0n) is 14.7. The Kier molecular flexibility index (Phi) is 5.84. The lowest BCUT2D eigenvalue weighted by Crippen LogP contribution is -2.20. The second kappa shape index (κ2) is 8.10. The molecular formula is C19H21ClN2O3S. The van der Waals surface area contributed by atoms with E-state index in [-0.39, 0.29) is 0 Å². The van der Waals surface area contributed by atoms with Gasteiger partial charge in [0, 0.05) is 15.6 Å². The predicted molar refractivity (Wildman–Crippen MR) is 106 cm³/mol. The van der Waals surface area contributed by atoms with Gasteiger partial charge < -0.3 is 10.1 Å². The van der Waals surface area contributed by atoms with Gasteiger partial charge in [0.05, 0.1) is 12.7 Å². The molecule has 26 heavy (non-hydrogen) atoms. The molecule has 138 valence electrons. The summed E-state index contributed by atoms with van der Waals surface area (Å²) in [5.41, 5.74) is 2.09. The predicted octanol–water partition coefficient (Wildman–Crippen LogP) is 5.35. The third-order valence-corrected chi connectivity index (χ3v) is 6.05. The number of fused-ring (bicyclic) bond motifs is 1. The van der Waals surface area contributed by atoms with Crippen LogP contribution in [0.1, 0.15) is 40.6 Å². The summed E-state index contributed by atoms with van der Waals surface area (Å²) in [7, 11) is 1.36. The number of hydrogen-bond acceptors (Lipinski definition) is 4.